The van der Waals surface area contributed by atoms with Gasteiger partial charge in [0, 0.05) is 6.07 Å². The number of nitrogens with zero attached hydrogens (tertiary/aromatic N) is 3. The largest absolute Gasteiger partial charge is 0.471 e. The van der Waals surface area contributed by atoms with Gasteiger partial charge in [0.1, 0.15) is 5.60 Å². The van der Waals surface area contributed by atoms with E-state index in [4.69, 9.17) is 4.74 Å². The first-order valence-electron chi connectivity index (χ1n) is 6.38. The highest BCUT2D eigenvalue weighted by Crippen LogP contribution is 2.27. The average molecular weight is 255 g/mol. The van der Waals surface area contributed by atoms with E-state index in [0.29, 0.717) is 5.88 Å². The molecule has 0 bridgehead atoms. The summed E-state index contributed by atoms with van der Waals surface area (Å²) in [5.74, 6) is 0.662. The molecule has 19 heavy (non-hydrogen) atoms. The van der Waals surface area contributed by atoms with Crippen molar-refractivity contribution in [1.82, 2.24) is 14.6 Å². The minimum Gasteiger partial charge on any atom is -0.471 e. The van der Waals surface area contributed by atoms with Gasteiger partial charge in [0.15, 0.2) is 5.65 Å². The second kappa shape index (κ2) is 3.95. The van der Waals surface area contributed by atoms with E-state index in [-0.39, 0.29) is 5.60 Å². The van der Waals surface area contributed by atoms with Crippen molar-refractivity contribution in [2.24, 2.45) is 0 Å². The van der Waals surface area contributed by atoms with Crippen LogP contribution in [0.25, 0.3) is 16.6 Å². The maximum atomic E-state index is 5.98. The molecule has 0 atom stereocenters. The Morgan fingerprint density at radius 2 is 1.89 bits per heavy atom. The zero-order chi connectivity index (χ0) is 13.6. The number of para-hydroxylation sites is 1. The first kappa shape index (κ1) is 12.0. The van der Waals surface area contributed by atoms with E-state index in [1.807, 2.05) is 62.5 Å². The molecule has 0 amide bonds. The van der Waals surface area contributed by atoms with Crippen LogP contribution in [0, 0.1) is 6.92 Å². The smallest absolute Gasteiger partial charge is 0.225 e. The van der Waals surface area contributed by atoms with E-state index < -0.39 is 0 Å². The van der Waals surface area contributed by atoms with Crippen molar-refractivity contribution in [1.29, 1.82) is 0 Å². The van der Waals surface area contributed by atoms with Crippen LogP contribution in [0.15, 0.2) is 30.3 Å². The zero-order valence-electron chi connectivity index (χ0n) is 11.6. The summed E-state index contributed by atoms with van der Waals surface area (Å²) in [6.07, 6.45) is 0. The number of hydrogen-bond donors (Lipinski definition) is 0. The first-order chi connectivity index (χ1) is 8.94. The summed E-state index contributed by atoms with van der Waals surface area (Å²) in [6, 6.07) is 10.00. The van der Waals surface area contributed by atoms with Gasteiger partial charge in [-0.05, 0) is 39.8 Å². The minimum atomic E-state index is -0.275. The second-order valence-corrected chi connectivity index (χ2v) is 5.70. The molecule has 0 N–H and O–H groups in total. The molecule has 3 rings (SSSR count). The molecule has 0 saturated heterocycles. The van der Waals surface area contributed by atoms with E-state index in [9.17, 15) is 0 Å². The van der Waals surface area contributed by atoms with Gasteiger partial charge in [0.25, 0.3) is 0 Å². The fraction of sp³-hybridized carbons (Fsp3) is 0.333. The Morgan fingerprint density at radius 1 is 1.16 bits per heavy atom. The summed E-state index contributed by atoms with van der Waals surface area (Å²) in [6.45, 7) is 8.04. The molecule has 3 aromatic rings. The monoisotopic (exact) mass is 255 g/mol. The van der Waals surface area contributed by atoms with Crippen LogP contribution in [0.5, 0.6) is 5.88 Å². The van der Waals surface area contributed by atoms with Crippen molar-refractivity contribution in [3.8, 4) is 5.88 Å². The lowest BCUT2D eigenvalue weighted by atomic mass is 10.2. The molecular formula is C15H17N3O. The molecule has 0 unspecified atom stereocenters. The summed E-state index contributed by atoms with van der Waals surface area (Å²) in [5.41, 5.74) is 2.50. The van der Waals surface area contributed by atoms with Crippen LogP contribution in [0.1, 0.15) is 26.5 Å². The number of benzene rings is 1. The lowest BCUT2D eigenvalue weighted by molar-refractivity contribution is 0.127. The van der Waals surface area contributed by atoms with Gasteiger partial charge < -0.3 is 4.74 Å². The maximum absolute atomic E-state index is 5.98. The van der Waals surface area contributed by atoms with Crippen molar-refractivity contribution in [2.45, 2.75) is 33.3 Å². The predicted molar refractivity (Wildman–Crippen MR) is 75.6 cm³/mol. The minimum absolute atomic E-state index is 0.275. The summed E-state index contributed by atoms with van der Waals surface area (Å²) in [4.78, 5) is 4.59. The lowest BCUT2D eigenvalue weighted by Crippen LogP contribution is -2.23. The van der Waals surface area contributed by atoms with E-state index in [0.717, 1.165) is 22.2 Å². The molecule has 0 aliphatic rings. The molecule has 2 aromatic heterocycles. The summed E-state index contributed by atoms with van der Waals surface area (Å²) in [5, 5.41) is 5.46. The van der Waals surface area contributed by atoms with Gasteiger partial charge in [-0.15, -0.1) is 0 Å². The van der Waals surface area contributed by atoms with Gasteiger partial charge in [0.05, 0.1) is 16.6 Å². The Kier molecular flexibility index (Phi) is 2.49. The molecule has 4 nitrogen and oxygen atoms in total. The molecule has 1 aromatic carbocycles. The van der Waals surface area contributed by atoms with Gasteiger partial charge in [-0.3, -0.25) is 0 Å². The Balaban J connectivity index is 2.35. The standard InChI is InChI=1S/C15H17N3O/c1-10-9-13-16-14(19-15(2,3)4)11-7-5-6-8-12(11)18(13)17-10/h5-9H,1-4H3. The van der Waals surface area contributed by atoms with Crippen molar-refractivity contribution in [2.75, 3.05) is 0 Å². The van der Waals surface area contributed by atoms with Gasteiger partial charge in [0.2, 0.25) is 5.88 Å². The fourth-order valence-corrected chi connectivity index (χ4v) is 2.11. The van der Waals surface area contributed by atoms with Crippen molar-refractivity contribution >= 4 is 16.6 Å². The summed E-state index contributed by atoms with van der Waals surface area (Å²) < 4.78 is 7.84. The van der Waals surface area contributed by atoms with Crippen molar-refractivity contribution in [3.05, 3.63) is 36.0 Å². The highest BCUT2D eigenvalue weighted by molar-refractivity contribution is 5.85. The second-order valence-electron chi connectivity index (χ2n) is 5.70. The van der Waals surface area contributed by atoms with Crippen LogP contribution in [0.3, 0.4) is 0 Å². The SMILES string of the molecule is Cc1cc2nc(OC(C)(C)C)c3ccccc3n2n1. The summed E-state index contributed by atoms with van der Waals surface area (Å²) in [7, 11) is 0. The maximum Gasteiger partial charge on any atom is 0.225 e. The molecule has 0 radical (unpaired) electrons. The third kappa shape index (κ3) is 2.14. The third-order valence-electron chi connectivity index (χ3n) is 2.79. The predicted octanol–water partition coefficient (Wildman–Crippen LogP) is 3.37. The molecule has 0 aliphatic carbocycles. The number of rotatable bonds is 1. The van der Waals surface area contributed by atoms with Crippen LogP contribution in [-0.2, 0) is 0 Å². The van der Waals surface area contributed by atoms with Gasteiger partial charge in [-0.1, -0.05) is 12.1 Å². The molecule has 2 heterocycles. The van der Waals surface area contributed by atoms with Crippen LogP contribution in [0.4, 0.5) is 0 Å². The van der Waals surface area contributed by atoms with Crippen LogP contribution in [-0.4, -0.2) is 20.2 Å². The molecule has 0 spiro atoms. The van der Waals surface area contributed by atoms with Crippen LogP contribution >= 0.6 is 0 Å². The number of ether oxygens (including phenoxy) is 1. The van der Waals surface area contributed by atoms with Crippen molar-refractivity contribution < 1.29 is 4.74 Å². The van der Waals surface area contributed by atoms with E-state index in [2.05, 4.69) is 10.1 Å². The Morgan fingerprint density at radius 3 is 2.63 bits per heavy atom. The Labute approximate surface area is 112 Å². The normalized spacial score (nSPS) is 12.2. The summed E-state index contributed by atoms with van der Waals surface area (Å²) >= 11 is 0. The number of fused-ring (bicyclic) bond motifs is 3. The Hall–Kier alpha value is -2.10. The molecule has 98 valence electrons. The van der Waals surface area contributed by atoms with E-state index >= 15 is 0 Å². The zero-order valence-corrected chi connectivity index (χ0v) is 11.6. The average Bonchev–Trinajstić information content (AvgIpc) is 2.68. The van der Waals surface area contributed by atoms with Gasteiger partial charge >= 0.3 is 0 Å². The number of aryl methyl sites for hydroxylation is 1. The van der Waals surface area contributed by atoms with E-state index in [1.165, 1.54) is 0 Å². The van der Waals surface area contributed by atoms with Crippen LogP contribution < -0.4 is 4.74 Å². The topological polar surface area (TPSA) is 39.4 Å². The van der Waals surface area contributed by atoms with Crippen LogP contribution in [0.2, 0.25) is 0 Å². The lowest BCUT2D eigenvalue weighted by Gasteiger charge is -2.21. The fourth-order valence-electron chi connectivity index (χ4n) is 2.11. The number of hydrogen-bond acceptors (Lipinski definition) is 3. The van der Waals surface area contributed by atoms with E-state index in [1.54, 1.807) is 0 Å². The van der Waals surface area contributed by atoms with Crippen molar-refractivity contribution in [3.63, 3.8) is 0 Å². The highest BCUT2D eigenvalue weighted by atomic mass is 16.5. The quantitative estimate of drug-likeness (QED) is 0.669. The molecule has 0 saturated carbocycles. The Bertz CT molecular complexity index is 753. The third-order valence-corrected chi connectivity index (χ3v) is 2.79. The van der Waals surface area contributed by atoms with Gasteiger partial charge in [-0.25, -0.2) is 4.52 Å². The highest BCUT2D eigenvalue weighted by Gasteiger charge is 2.17. The molecule has 4 heteroatoms. The molecule has 0 fully saturated rings. The van der Waals surface area contributed by atoms with Gasteiger partial charge in [-0.2, -0.15) is 10.1 Å². The first-order valence-corrected chi connectivity index (χ1v) is 6.38. The molecule has 0 aliphatic heterocycles. The number of aromatic nitrogens is 3. The molecular weight excluding hydrogens is 238 g/mol.